The maximum Gasteiger partial charge on any atom is 0.412 e. The average Bonchev–Trinajstić information content (AvgIpc) is 2.83. The van der Waals surface area contributed by atoms with Crippen molar-refractivity contribution in [2.45, 2.75) is 65.2 Å². The molecule has 0 radical (unpaired) electrons. The van der Waals surface area contributed by atoms with Crippen LogP contribution in [0.25, 0.3) is 11.7 Å². The van der Waals surface area contributed by atoms with Gasteiger partial charge in [-0.05, 0) is 45.1 Å². The lowest BCUT2D eigenvalue weighted by Gasteiger charge is -2.23. The molecule has 5 nitrogen and oxygen atoms in total. The van der Waals surface area contributed by atoms with E-state index in [1.807, 2.05) is 4.40 Å². The van der Waals surface area contributed by atoms with Crippen molar-refractivity contribution >= 4 is 17.5 Å². The van der Waals surface area contributed by atoms with Crippen molar-refractivity contribution in [3.05, 3.63) is 28.3 Å². The molecule has 0 unspecified atom stereocenters. The summed E-state index contributed by atoms with van der Waals surface area (Å²) in [6.45, 7) is 7.52. The van der Waals surface area contributed by atoms with Crippen LogP contribution in [-0.2, 0) is 19.3 Å². The van der Waals surface area contributed by atoms with Crippen molar-refractivity contribution in [3.63, 3.8) is 0 Å². The Kier molecular flexibility index (Phi) is 4.74. The number of alkyl halides is 3. The van der Waals surface area contributed by atoms with E-state index in [1.165, 1.54) is 0 Å². The van der Waals surface area contributed by atoms with Gasteiger partial charge in [0, 0.05) is 17.7 Å². The minimum absolute atomic E-state index is 0.0976. The maximum absolute atomic E-state index is 13.1. The minimum Gasteiger partial charge on any atom is -0.390 e. The van der Waals surface area contributed by atoms with Crippen LogP contribution in [0, 0.1) is 5.92 Å². The predicted molar refractivity (Wildman–Crippen MR) is 98.3 cm³/mol. The fourth-order valence-electron chi connectivity index (χ4n) is 3.53. The molecule has 0 bridgehead atoms. The summed E-state index contributed by atoms with van der Waals surface area (Å²) >= 11 is 0. The number of nitrogen functional groups attached to an aromatic ring is 1. The molecule has 0 atom stereocenters. The molecule has 0 aliphatic heterocycles. The predicted octanol–water partition coefficient (Wildman–Crippen LogP) is 3.72. The van der Waals surface area contributed by atoms with Crippen LogP contribution in [-0.4, -0.2) is 31.3 Å². The molecule has 1 aliphatic carbocycles. The van der Waals surface area contributed by atoms with Crippen LogP contribution in [0.3, 0.4) is 0 Å². The summed E-state index contributed by atoms with van der Waals surface area (Å²) in [6.07, 6.45) is -2.22. The van der Waals surface area contributed by atoms with Gasteiger partial charge in [0.2, 0.25) is 0 Å². The first-order valence-corrected chi connectivity index (χ1v) is 9.05. The summed E-state index contributed by atoms with van der Waals surface area (Å²) in [4.78, 5) is 8.83. The smallest absolute Gasteiger partial charge is 0.390 e. The molecule has 0 aromatic carbocycles. The lowest BCUT2D eigenvalue weighted by Crippen LogP contribution is -2.25. The van der Waals surface area contributed by atoms with Crippen LogP contribution in [0.15, 0.2) is 5.57 Å². The normalized spacial score (nSPS) is 15.4. The van der Waals surface area contributed by atoms with Gasteiger partial charge in [0.25, 0.3) is 0 Å². The third kappa shape index (κ3) is 3.95. The first-order valence-electron chi connectivity index (χ1n) is 9.05. The van der Waals surface area contributed by atoms with E-state index < -0.39 is 17.4 Å². The Hall–Kier alpha value is -2.09. The van der Waals surface area contributed by atoms with Crippen molar-refractivity contribution < 1.29 is 18.3 Å². The van der Waals surface area contributed by atoms with E-state index in [4.69, 9.17) is 5.73 Å². The fraction of sp³-hybridized carbons (Fsp3) is 0.579. The van der Waals surface area contributed by atoms with E-state index >= 15 is 0 Å². The summed E-state index contributed by atoms with van der Waals surface area (Å²) in [5.74, 6) is 0.428. The van der Waals surface area contributed by atoms with Crippen molar-refractivity contribution in [3.8, 4) is 0 Å². The average molecular weight is 382 g/mol. The number of hydrogen-bond acceptors (Lipinski definition) is 4. The summed E-state index contributed by atoms with van der Waals surface area (Å²) in [5.41, 5.74) is 7.38. The van der Waals surface area contributed by atoms with Crippen LogP contribution in [0.2, 0.25) is 0 Å². The third-order valence-corrected chi connectivity index (χ3v) is 4.60. The van der Waals surface area contributed by atoms with Gasteiger partial charge in [-0.25, -0.2) is 9.97 Å². The van der Waals surface area contributed by atoms with Crippen LogP contribution in [0.4, 0.5) is 19.0 Å². The second-order valence-corrected chi connectivity index (χ2v) is 8.25. The zero-order chi connectivity index (χ0) is 20.1. The van der Waals surface area contributed by atoms with E-state index in [2.05, 4.69) is 23.8 Å². The highest BCUT2D eigenvalue weighted by atomic mass is 19.4. The Bertz CT molecular complexity index is 905. The number of nitrogens with zero attached hydrogens (tertiary/aromatic N) is 3. The van der Waals surface area contributed by atoms with Gasteiger partial charge < -0.3 is 10.8 Å². The Morgan fingerprint density at radius 2 is 1.89 bits per heavy atom. The Morgan fingerprint density at radius 1 is 1.22 bits per heavy atom. The third-order valence-electron chi connectivity index (χ3n) is 4.60. The number of fused-ring (bicyclic) bond motifs is 3. The van der Waals surface area contributed by atoms with E-state index in [1.54, 1.807) is 13.8 Å². The molecule has 0 saturated heterocycles. The van der Waals surface area contributed by atoms with Gasteiger partial charge in [-0.3, -0.25) is 4.40 Å². The highest BCUT2D eigenvalue weighted by molar-refractivity contribution is 5.68. The van der Waals surface area contributed by atoms with E-state index in [0.29, 0.717) is 30.1 Å². The van der Waals surface area contributed by atoms with E-state index in [-0.39, 0.29) is 24.4 Å². The van der Waals surface area contributed by atoms with Crippen molar-refractivity contribution in [1.82, 2.24) is 14.4 Å². The highest BCUT2D eigenvalue weighted by Gasteiger charge is 2.36. The minimum atomic E-state index is -4.38. The van der Waals surface area contributed by atoms with Crippen LogP contribution in [0.5, 0.6) is 0 Å². The van der Waals surface area contributed by atoms with Crippen LogP contribution >= 0.6 is 0 Å². The number of aliphatic hydroxyl groups is 1. The number of aryl methyl sites for hydroxylation is 1. The van der Waals surface area contributed by atoms with Gasteiger partial charge in [-0.2, -0.15) is 13.2 Å². The van der Waals surface area contributed by atoms with Crippen molar-refractivity contribution in [2.24, 2.45) is 5.92 Å². The lowest BCUT2D eigenvalue weighted by atomic mass is 9.96. The van der Waals surface area contributed by atoms with Crippen molar-refractivity contribution in [1.29, 1.82) is 0 Å². The summed E-state index contributed by atoms with van der Waals surface area (Å²) in [7, 11) is 0. The van der Waals surface area contributed by atoms with Gasteiger partial charge in [-0.15, -0.1) is 0 Å². The Morgan fingerprint density at radius 3 is 2.44 bits per heavy atom. The molecule has 1 aliphatic rings. The number of aromatic nitrogens is 3. The number of nitrogens with two attached hydrogens (primary N) is 1. The van der Waals surface area contributed by atoms with Crippen LogP contribution < -0.4 is 5.73 Å². The van der Waals surface area contributed by atoms with Gasteiger partial charge in [-0.1, -0.05) is 13.8 Å². The summed E-state index contributed by atoms with van der Waals surface area (Å²) in [5, 5.41) is 10.4. The molecular formula is C19H25F3N4O. The molecule has 2 heterocycles. The molecule has 27 heavy (non-hydrogen) atoms. The quantitative estimate of drug-likeness (QED) is 0.845. The van der Waals surface area contributed by atoms with Gasteiger partial charge in [0.05, 0.1) is 22.7 Å². The zero-order valence-corrected chi connectivity index (χ0v) is 16.0. The first-order chi connectivity index (χ1) is 12.4. The molecule has 0 saturated carbocycles. The molecule has 0 spiro atoms. The molecule has 2 aromatic heterocycles. The number of rotatable bonds is 4. The number of halogens is 3. The summed E-state index contributed by atoms with van der Waals surface area (Å²) < 4.78 is 41.2. The monoisotopic (exact) mass is 382 g/mol. The molecule has 2 aromatic rings. The molecule has 148 valence electrons. The number of hydrogen-bond donors (Lipinski definition) is 2. The van der Waals surface area contributed by atoms with Gasteiger partial charge in [0.15, 0.2) is 11.5 Å². The number of imidazole rings is 1. The molecule has 3 rings (SSSR count). The van der Waals surface area contributed by atoms with Crippen LogP contribution in [0.1, 0.15) is 56.9 Å². The SMILES string of the molecule is CC(C)Cc1nc2c(N)nc3c(n2c1CC(C)(C)O)CCC(C(F)(F)F)=C3. The standard InChI is InChI=1S/C19H25F3N4O/c1-10(2)7-12-15(9-18(3,4)27)26-14-6-5-11(19(20,21)22)8-13(14)24-16(23)17(26)25-12/h8,10,27H,5-7,9H2,1-4H3,(H2,23,24). The largest absolute Gasteiger partial charge is 0.412 e. The fourth-order valence-corrected chi connectivity index (χ4v) is 3.53. The highest BCUT2D eigenvalue weighted by Crippen LogP contribution is 2.36. The Labute approximate surface area is 156 Å². The molecule has 3 N–H and O–H groups in total. The maximum atomic E-state index is 13.1. The lowest BCUT2D eigenvalue weighted by molar-refractivity contribution is -0.0931. The second-order valence-electron chi connectivity index (χ2n) is 8.25. The summed E-state index contributed by atoms with van der Waals surface area (Å²) in [6, 6.07) is 0. The first kappa shape index (κ1) is 19.7. The Balaban J connectivity index is 2.27. The molecule has 0 amide bonds. The zero-order valence-electron chi connectivity index (χ0n) is 16.0. The number of anilines is 1. The topological polar surface area (TPSA) is 76.4 Å². The molecule has 0 fully saturated rings. The molecular weight excluding hydrogens is 357 g/mol. The number of allylic oxidation sites excluding steroid dienone is 1. The van der Waals surface area contributed by atoms with E-state index in [0.717, 1.165) is 17.5 Å². The van der Waals surface area contributed by atoms with Gasteiger partial charge >= 0.3 is 6.18 Å². The van der Waals surface area contributed by atoms with E-state index in [9.17, 15) is 18.3 Å². The molecule has 8 heteroatoms. The van der Waals surface area contributed by atoms with Crippen molar-refractivity contribution in [2.75, 3.05) is 5.73 Å². The second kappa shape index (κ2) is 6.51. The van der Waals surface area contributed by atoms with Gasteiger partial charge in [0.1, 0.15) is 0 Å².